The van der Waals surface area contributed by atoms with E-state index in [0.717, 1.165) is 24.3 Å². The second-order valence-corrected chi connectivity index (χ2v) is 12.1. The molecular formula is C30H38O3Se. The van der Waals surface area contributed by atoms with Gasteiger partial charge >= 0.3 is 212 Å². The fourth-order valence-electron chi connectivity index (χ4n) is 4.34. The third-order valence-electron chi connectivity index (χ3n) is 6.67. The summed E-state index contributed by atoms with van der Waals surface area (Å²) in [5.74, 6) is 3.99. The number of hydrogen-bond donors (Lipinski definition) is 0. The van der Waals surface area contributed by atoms with Crippen molar-refractivity contribution in [2.75, 3.05) is 13.2 Å². The maximum atomic E-state index is 11.9. The van der Waals surface area contributed by atoms with Crippen LogP contribution in [0.5, 0.6) is 5.75 Å². The van der Waals surface area contributed by atoms with E-state index < -0.39 is 0 Å². The summed E-state index contributed by atoms with van der Waals surface area (Å²) in [6.45, 7) is 14.6. The molecule has 0 aromatic heterocycles. The second kappa shape index (κ2) is 11.5. The molecule has 0 bridgehead atoms. The van der Waals surface area contributed by atoms with E-state index in [4.69, 9.17) is 9.47 Å². The molecule has 0 amide bonds. The van der Waals surface area contributed by atoms with Gasteiger partial charge in [0.1, 0.15) is 0 Å². The van der Waals surface area contributed by atoms with Gasteiger partial charge in [0.15, 0.2) is 0 Å². The summed E-state index contributed by atoms with van der Waals surface area (Å²) in [5, 5.41) is 0. The second-order valence-electron chi connectivity index (χ2n) is 10.3. The SMILES string of the molecule is CCCCCOc1cc2c(cc1[Se]C#Cc1ccc(C(=O)OCC)cc1)C(C)(C)CCC2(C)C. The van der Waals surface area contributed by atoms with Crippen LogP contribution in [0.4, 0.5) is 0 Å². The van der Waals surface area contributed by atoms with Gasteiger partial charge in [-0.2, -0.15) is 0 Å². The molecule has 0 heterocycles. The van der Waals surface area contributed by atoms with Gasteiger partial charge in [-0.25, -0.2) is 0 Å². The first-order valence-electron chi connectivity index (χ1n) is 12.4. The number of carbonyl (C=O) groups is 1. The predicted octanol–water partition coefficient (Wildman–Crippen LogP) is 6.12. The van der Waals surface area contributed by atoms with E-state index >= 15 is 0 Å². The summed E-state index contributed by atoms with van der Waals surface area (Å²) < 4.78 is 12.6. The molecule has 3 rings (SSSR count). The molecule has 0 atom stereocenters. The van der Waals surface area contributed by atoms with Crippen molar-refractivity contribution < 1.29 is 14.3 Å². The summed E-state index contributed by atoms with van der Waals surface area (Å²) in [5.41, 5.74) is 4.65. The standard InChI is InChI=1S/C30H38O3Se/c1-7-9-10-18-33-26-20-24-25(30(5,6)17-16-29(24,3)4)21-27(26)34-19-15-22-11-13-23(14-12-22)28(31)32-8-2/h11-14,20-21H,7-10,16-18H2,1-6H3. The quantitative estimate of drug-likeness (QED) is 0.180. The van der Waals surface area contributed by atoms with Crippen molar-refractivity contribution in [3.8, 4) is 16.5 Å². The number of hydrogen-bond acceptors (Lipinski definition) is 3. The Morgan fingerprint density at radius 1 is 0.971 bits per heavy atom. The van der Waals surface area contributed by atoms with Gasteiger partial charge in [-0.05, 0) is 0 Å². The average molecular weight is 526 g/mol. The number of benzene rings is 2. The Kier molecular flexibility index (Phi) is 8.91. The first-order valence-corrected chi connectivity index (χ1v) is 14.2. The van der Waals surface area contributed by atoms with Crippen LogP contribution in [0.2, 0.25) is 0 Å². The molecule has 1 aliphatic rings. The molecule has 34 heavy (non-hydrogen) atoms. The molecule has 2 aromatic rings. The predicted molar refractivity (Wildman–Crippen MR) is 141 cm³/mol. The van der Waals surface area contributed by atoms with Gasteiger partial charge in [-0.1, -0.05) is 0 Å². The number of carbonyl (C=O) groups excluding carboxylic acids is 1. The van der Waals surface area contributed by atoms with Gasteiger partial charge in [-0.3, -0.25) is 0 Å². The Morgan fingerprint density at radius 2 is 1.62 bits per heavy atom. The molecule has 0 fully saturated rings. The molecule has 1 aliphatic carbocycles. The van der Waals surface area contributed by atoms with Crippen molar-refractivity contribution in [1.29, 1.82) is 0 Å². The van der Waals surface area contributed by atoms with Crippen molar-refractivity contribution in [2.45, 2.75) is 84.5 Å². The van der Waals surface area contributed by atoms with E-state index in [2.05, 4.69) is 57.5 Å². The summed E-state index contributed by atoms with van der Waals surface area (Å²) in [7, 11) is 0. The summed E-state index contributed by atoms with van der Waals surface area (Å²) in [4.78, 5) is 15.3. The van der Waals surface area contributed by atoms with Crippen LogP contribution < -0.4 is 9.20 Å². The number of fused-ring (bicyclic) bond motifs is 1. The summed E-state index contributed by atoms with van der Waals surface area (Å²) >= 11 is -0.0351. The van der Waals surface area contributed by atoms with Crippen LogP contribution in [0.1, 0.15) is 101 Å². The van der Waals surface area contributed by atoms with Crippen LogP contribution in [0.15, 0.2) is 36.4 Å². The summed E-state index contributed by atoms with van der Waals surface area (Å²) in [6.07, 6.45) is 5.83. The normalized spacial score (nSPS) is 15.6. The Labute approximate surface area is 212 Å². The molecule has 0 saturated heterocycles. The molecule has 4 heteroatoms. The zero-order valence-electron chi connectivity index (χ0n) is 21.5. The third kappa shape index (κ3) is 6.47. The van der Waals surface area contributed by atoms with E-state index in [0.29, 0.717) is 12.2 Å². The van der Waals surface area contributed by atoms with Crippen LogP contribution in [-0.2, 0) is 15.6 Å². The maximum absolute atomic E-state index is 11.9. The number of rotatable bonds is 8. The fourth-order valence-corrected chi connectivity index (χ4v) is 5.76. The van der Waals surface area contributed by atoms with Crippen LogP contribution >= 0.6 is 0 Å². The Hall–Kier alpha value is -2.21. The average Bonchev–Trinajstić information content (AvgIpc) is 2.81. The first kappa shape index (κ1) is 26.4. The van der Waals surface area contributed by atoms with Crippen molar-refractivity contribution in [3.63, 3.8) is 0 Å². The number of esters is 1. The molecule has 2 aromatic carbocycles. The van der Waals surface area contributed by atoms with Gasteiger partial charge in [-0.15, -0.1) is 0 Å². The number of unbranched alkanes of at least 4 members (excludes halogenated alkanes) is 2. The molecule has 0 spiro atoms. The summed E-state index contributed by atoms with van der Waals surface area (Å²) in [6, 6.07) is 12.0. The minimum atomic E-state index is -0.296. The van der Waals surface area contributed by atoms with Crippen molar-refractivity contribution >= 4 is 25.4 Å². The van der Waals surface area contributed by atoms with Gasteiger partial charge < -0.3 is 0 Å². The van der Waals surface area contributed by atoms with E-state index in [1.54, 1.807) is 12.1 Å². The van der Waals surface area contributed by atoms with Crippen molar-refractivity contribution in [2.24, 2.45) is 0 Å². The molecule has 3 nitrogen and oxygen atoms in total. The Bertz CT molecular complexity index is 1050. The van der Waals surface area contributed by atoms with Crippen LogP contribution in [0, 0.1) is 10.7 Å². The van der Waals surface area contributed by atoms with E-state index in [9.17, 15) is 4.79 Å². The van der Waals surface area contributed by atoms with Crippen LogP contribution in [0.3, 0.4) is 0 Å². The number of ether oxygens (including phenoxy) is 2. The molecule has 0 radical (unpaired) electrons. The van der Waals surface area contributed by atoms with Crippen LogP contribution in [-0.4, -0.2) is 34.1 Å². The fraction of sp³-hybridized carbons (Fsp3) is 0.500. The van der Waals surface area contributed by atoms with E-state index in [-0.39, 0.29) is 31.8 Å². The molecular weight excluding hydrogens is 487 g/mol. The Morgan fingerprint density at radius 3 is 2.24 bits per heavy atom. The molecule has 0 aliphatic heterocycles. The van der Waals surface area contributed by atoms with Crippen molar-refractivity contribution in [1.82, 2.24) is 0 Å². The monoisotopic (exact) mass is 526 g/mol. The topological polar surface area (TPSA) is 35.5 Å². The zero-order chi connectivity index (χ0) is 24.8. The Balaban J connectivity index is 1.87. The molecule has 0 unspecified atom stereocenters. The van der Waals surface area contributed by atoms with E-state index in [1.807, 2.05) is 19.1 Å². The van der Waals surface area contributed by atoms with E-state index in [1.165, 1.54) is 41.3 Å². The van der Waals surface area contributed by atoms with Gasteiger partial charge in [0.25, 0.3) is 0 Å². The molecule has 0 N–H and O–H groups in total. The van der Waals surface area contributed by atoms with Crippen LogP contribution in [0.25, 0.3) is 0 Å². The van der Waals surface area contributed by atoms with Crippen molar-refractivity contribution in [3.05, 3.63) is 58.7 Å². The zero-order valence-corrected chi connectivity index (χ0v) is 23.3. The first-order chi connectivity index (χ1) is 16.2. The molecule has 0 saturated carbocycles. The van der Waals surface area contributed by atoms with Gasteiger partial charge in [0.05, 0.1) is 0 Å². The third-order valence-corrected chi connectivity index (χ3v) is 8.23. The van der Waals surface area contributed by atoms with Gasteiger partial charge in [0, 0.05) is 0 Å². The minimum absolute atomic E-state index is 0.0351. The molecule has 182 valence electrons. The van der Waals surface area contributed by atoms with Gasteiger partial charge in [0.2, 0.25) is 0 Å².